The largest absolute Gasteiger partial charge is 0.506 e. The average Bonchev–Trinajstić information content (AvgIpc) is 3.33. The van der Waals surface area contributed by atoms with E-state index in [1.807, 2.05) is 0 Å². The summed E-state index contributed by atoms with van der Waals surface area (Å²) in [5.41, 5.74) is 1.42. The molecule has 2 aliphatic rings. The number of hydrogen-bond acceptors (Lipinski definition) is 5. The zero-order valence-electron chi connectivity index (χ0n) is 13.3. The Hall–Kier alpha value is -3.12. The number of hydrogen-bond donors (Lipinski definition) is 2. The van der Waals surface area contributed by atoms with E-state index in [1.54, 1.807) is 47.6 Å². The van der Waals surface area contributed by atoms with E-state index >= 15 is 0 Å². The Morgan fingerprint density at radius 1 is 1.20 bits per heavy atom. The standard InChI is InChI=1S/C19H16NO5/c21-11-17-15(9-14-4-2-6-25-14)19(23)16-8-12(18(22)10-20(16)17)7-13-3-1-5-24-13/h1-6,8-10,17,21-22H,7,11H2/b15-9+. The molecular weight excluding hydrogens is 322 g/mol. The van der Waals surface area contributed by atoms with Crippen molar-refractivity contribution in [2.45, 2.75) is 12.5 Å². The van der Waals surface area contributed by atoms with Crippen molar-refractivity contribution in [2.24, 2.45) is 0 Å². The molecule has 25 heavy (non-hydrogen) atoms. The van der Waals surface area contributed by atoms with Crippen molar-refractivity contribution in [3.05, 3.63) is 88.9 Å². The summed E-state index contributed by atoms with van der Waals surface area (Å²) in [5.74, 6) is 1.08. The normalized spacial score (nSPS) is 21.6. The highest BCUT2D eigenvalue weighted by molar-refractivity contribution is 5.62. The van der Waals surface area contributed by atoms with Gasteiger partial charge in [-0.3, -0.25) is 5.11 Å². The Kier molecular flexibility index (Phi) is 3.74. The van der Waals surface area contributed by atoms with Crippen LogP contribution in [0.1, 0.15) is 11.5 Å². The Bertz CT molecular complexity index is 884. The topological polar surface area (TPSA) is 89.9 Å². The van der Waals surface area contributed by atoms with Crippen LogP contribution < -0.4 is 0 Å². The lowest BCUT2D eigenvalue weighted by atomic mass is 10.0. The van der Waals surface area contributed by atoms with Crippen molar-refractivity contribution in [1.82, 2.24) is 4.90 Å². The van der Waals surface area contributed by atoms with E-state index < -0.39 is 6.04 Å². The second-order valence-electron chi connectivity index (χ2n) is 5.88. The van der Waals surface area contributed by atoms with Crippen LogP contribution in [-0.4, -0.2) is 27.8 Å². The van der Waals surface area contributed by atoms with E-state index in [-0.39, 0.29) is 18.1 Å². The summed E-state index contributed by atoms with van der Waals surface area (Å²) >= 11 is 0. The molecule has 0 spiro atoms. The molecule has 1 radical (unpaired) electrons. The van der Waals surface area contributed by atoms with Gasteiger partial charge in [0.1, 0.15) is 17.3 Å². The third-order valence-corrected chi connectivity index (χ3v) is 4.33. The summed E-state index contributed by atoms with van der Waals surface area (Å²) in [6.45, 7) is -0.257. The SMILES string of the molecule is [O]C1=C2C=C(Cc3ccco3)C(O)=CN2C(CO)/C1=C\c1ccco1. The zero-order valence-corrected chi connectivity index (χ0v) is 13.3. The monoisotopic (exact) mass is 338 g/mol. The van der Waals surface area contributed by atoms with Crippen LogP contribution in [0, 0.1) is 0 Å². The van der Waals surface area contributed by atoms with Crippen molar-refractivity contribution < 1.29 is 24.2 Å². The van der Waals surface area contributed by atoms with Crippen LogP contribution in [0.25, 0.3) is 6.08 Å². The van der Waals surface area contributed by atoms with E-state index in [9.17, 15) is 15.3 Å². The van der Waals surface area contributed by atoms with E-state index in [4.69, 9.17) is 8.83 Å². The highest BCUT2D eigenvalue weighted by Crippen LogP contribution is 2.39. The summed E-state index contributed by atoms with van der Waals surface area (Å²) < 4.78 is 10.6. The number of rotatable bonds is 4. The van der Waals surface area contributed by atoms with Gasteiger partial charge in [-0.2, -0.15) is 0 Å². The average molecular weight is 338 g/mol. The number of aliphatic hydroxyl groups excluding tert-OH is 2. The van der Waals surface area contributed by atoms with Gasteiger partial charge in [0, 0.05) is 23.8 Å². The number of aliphatic hydroxyl groups is 2. The molecule has 0 saturated carbocycles. The molecule has 1 atom stereocenters. The molecule has 127 valence electrons. The molecule has 2 aliphatic heterocycles. The molecular formula is C19H16NO5. The van der Waals surface area contributed by atoms with Gasteiger partial charge in [0.2, 0.25) is 5.76 Å². The van der Waals surface area contributed by atoms with Crippen molar-refractivity contribution >= 4 is 6.08 Å². The van der Waals surface area contributed by atoms with Crippen LogP contribution in [0.15, 0.2) is 86.3 Å². The van der Waals surface area contributed by atoms with E-state index in [1.165, 1.54) is 12.5 Å². The van der Waals surface area contributed by atoms with E-state index in [0.717, 1.165) is 0 Å². The third kappa shape index (κ3) is 2.66. The Morgan fingerprint density at radius 2 is 2.00 bits per heavy atom. The highest BCUT2D eigenvalue weighted by Gasteiger charge is 2.38. The molecule has 4 rings (SSSR count). The Balaban J connectivity index is 1.74. The molecule has 0 bridgehead atoms. The molecule has 6 heteroatoms. The van der Waals surface area contributed by atoms with Crippen LogP contribution in [0.2, 0.25) is 0 Å². The number of fused-ring (bicyclic) bond motifs is 1. The predicted molar refractivity (Wildman–Crippen MR) is 88.3 cm³/mol. The van der Waals surface area contributed by atoms with Gasteiger partial charge in [0.25, 0.3) is 0 Å². The van der Waals surface area contributed by atoms with Gasteiger partial charge in [-0.25, -0.2) is 0 Å². The molecule has 2 aromatic heterocycles. The van der Waals surface area contributed by atoms with Crippen LogP contribution >= 0.6 is 0 Å². The van der Waals surface area contributed by atoms with Crippen LogP contribution in [-0.2, 0) is 11.5 Å². The molecule has 6 nitrogen and oxygen atoms in total. The zero-order chi connectivity index (χ0) is 17.4. The second kappa shape index (κ2) is 6.07. The van der Waals surface area contributed by atoms with Gasteiger partial charge in [-0.15, -0.1) is 0 Å². The molecule has 4 heterocycles. The number of nitrogens with zero attached hydrogens (tertiary/aromatic N) is 1. The maximum atomic E-state index is 12.8. The minimum atomic E-state index is -0.559. The van der Waals surface area contributed by atoms with Gasteiger partial charge in [0.05, 0.1) is 30.9 Å². The van der Waals surface area contributed by atoms with Crippen LogP contribution in [0.5, 0.6) is 0 Å². The van der Waals surface area contributed by atoms with Crippen molar-refractivity contribution in [1.29, 1.82) is 0 Å². The lowest BCUT2D eigenvalue weighted by Gasteiger charge is -2.27. The van der Waals surface area contributed by atoms with Crippen LogP contribution in [0.4, 0.5) is 0 Å². The third-order valence-electron chi connectivity index (χ3n) is 4.33. The van der Waals surface area contributed by atoms with Crippen molar-refractivity contribution in [3.63, 3.8) is 0 Å². The quantitative estimate of drug-likeness (QED) is 0.894. The van der Waals surface area contributed by atoms with Gasteiger partial charge in [-0.1, -0.05) is 0 Å². The first-order valence-electron chi connectivity index (χ1n) is 7.87. The number of furan rings is 2. The predicted octanol–water partition coefficient (Wildman–Crippen LogP) is 3.16. The van der Waals surface area contributed by atoms with E-state index in [0.29, 0.717) is 34.8 Å². The molecule has 0 aliphatic carbocycles. The second-order valence-corrected chi connectivity index (χ2v) is 5.88. The fourth-order valence-electron chi connectivity index (χ4n) is 3.10. The lowest BCUT2D eigenvalue weighted by molar-refractivity contribution is 0.216. The first kappa shape index (κ1) is 15.4. The molecule has 0 fully saturated rings. The van der Waals surface area contributed by atoms with Gasteiger partial charge in [0.15, 0.2) is 0 Å². The fourth-order valence-corrected chi connectivity index (χ4v) is 3.10. The molecule has 2 aromatic rings. The maximum Gasteiger partial charge on any atom is 0.207 e. The summed E-state index contributed by atoms with van der Waals surface area (Å²) in [4.78, 5) is 1.60. The minimum Gasteiger partial charge on any atom is -0.506 e. The van der Waals surface area contributed by atoms with Crippen molar-refractivity contribution in [2.75, 3.05) is 6.61 Å². The van der Waals surface area contributed by atoms with E-state index in [2.05, 4.69) is 0 Å². The maximum absolute atomic E-state index is 12.8. The lowest BCUT2D eigenvalue weighted by Crippen LogP contribution is -2.31. The molecule has 1 unspecified atom stereocenters. The molecule has 0 aromatic carbocycles. The Labute approximate surface area is 143 Å². The summed E-state index contributed by atoms with van der Waals surface area (Å²) in [7, 11) is 0. The minimum absolute atomic E-state index is 0.0469. The summed E-state index contributed by atoms with van der Waals surface area (Å²) in [6, 6.07) is 6.48. The van der Waals surface area contributed by atoms with Crippen LogP contribution in [0.3, 0.4) is 0 Å². The molecule has 0 amide bonds. The smallest absolute Gasteiger partial charge is 0.207 e. The first-order valence-corrected chi connectivity index (χ1v) is 7.87. The fraction of sp³-hybridized carbons (Fsp3) is 0.158. The molecule has 0 saturated heterocycles. The summed E-state index contributed by atoms with van der Waals surface area (Å²) in [6.07, 6.45) is 8.21. The first-order chi connectivity index (χ1) is 12.2. The highest BCUT2D eigenvalue weighted by atomic mass is 16.3. The van der Waals surface area contributed by atoms with Gasteiger partial charge in [-0.05, 0) is 36.4 Å². The molecule has 2 N–H and O–H groups in total. The van der Waals surface area contributed by atoms with Gasteiger partial charge < -0.3 is 23.9 Å². The van der Waals surface area contributed by atoms with Crippen molar-refractivity contribution in [3.8, 4) is 0 Å². The summed E-state index contributed by atoms with van der Waals surface area (Å²) in [5, 5.41) is 32.9. The Morgan fingerprint density at radius 3 is 2.68 bits per heavy atom. The van der Waals surface area contributed by atoms with Gasteiger partial charge >= 0.3 is 0 Å². The number of allylic oxidation sites excluding steroid dienone is 2.